The first-order valence-corrected chi connectivity index (χ1v) is 18.3. The Hall–Kier alpha value is -1.90. The van der Waals surface area contributed by atoms with Crippen molar-refractivity contribution in [2.24, 2.45) is 5.92 Å². The van der Waals surface area contributed by atoms with Crippen LogP contribution in [-0.2, 0) is 12.8 Å². The molecule has 2 aromatic rings. The van der Waals surface area contributed by atoms with E-state index >= 15 is 0 Å². The summed E-state index contributed by atoms with van der Waals surface area (Å²) < 4.78 is 6.21. The molecule has 0 aliphatic heterocycles. The molecule has 3 nitrogen and oxygen atoms in total. The molecule has 0 amide bonds. The Bertz CT molecular complexity index is 886. The van der Waals surface area contributed by atoms with Crippen LogP contribution >= 0.6 is 0 Å². The Morgan fingerprint density at radius 1 is 0.548 bits per heavy atom. The number of benzene rings is 1. The lowest BCUT2D eigenvalue weighted by atomic mass is 9.82. The molecule has 1 aliphatic rings. The van der Waals surface area contributed by atoms with Crippen molar-refractivity contribution in [3.63, 3.8) is 0 Å². The van der Waals surface area contributed by atoms with Crippen LogP contribution in [0.1, 0.15) is 178 Å². The minimum absolute atomic E-state index is 0.517. The topological polar surface area (TPSA) is 35.0 Å². The fraction of sp³-hybridized carbons (Fsp3) is 0.744. The molecule has 0 N–H and O–H groups in total. The molecule has 0 bridgehead atoms. The van der Waals surface area contributed by atoms with Crippen LogP contribution < -0.4 is 4.74 Å². The second kappa shape index (κ2) is 22.6. The van der Waals surface area contributed by atoms with Crippen molar-refractivity contribution in [3.8, 4) is 5.75 Å². The molecule has 3 heteroatoms. The number of unbranched alkanes of at least 4 members (excludes halogenated alkanes) is 16. The number of hydrogen-bond acceptors (Lipinski definition) is 3. The van der Waals surface area contributed by atoms with E-state index in [1.165, 1.54) is 159 Å². The molecule has 1 heterocycles. The Morgan fingerprint density at radius 2 is 1.00 bits per heavy atom. The minimum atomic E-state index is 0.517. The average Bonchev–Trinajstić information content (AvgIpc) is 3.03. The van der Waals surface area contributed by atoms with Gasteiger partial charge in [-0.1, -0.05) is 129 Å². The second-order valence-corrected chi connectivity index (χ2v) is 13.3. The molecular formula is C39H64N2O. The normalized spacial score (nSPS) is 17.0. The molecule has 1 aromatic carbocycles. The van der Waals surface area contributed by atoms with Gasteiger partial charge in [-0.25, -0.2) is 9.97 Å². The first-order valence-electron chi connectivity index (χ1n) is 18.3. The van der Waals surface area contributed by atoms with Gasteiger partial charge in [0.15, 0.2) is 0 Å². The highest BCUT2D eigenvalue weighted by Gasteiger charge is 2.24. The zero-order valence-corrected chi connectivity index (χ0v) is 27.6. The lowest BCUT2D eigenvalue weighted by Gasteiger charge is -2.27. The zero-order valence-electron chi connectivity index (χ0n) is 27.6. The molecule has 3 rings (SSSR count). The summed E-state index contributed by atoms with van der Waals surface area (Å²) >= 11 is 0. The van der Waals surface area contributed by atoms with Gasteiger partial charge in [0, 0.05) is 18.3 Å². The fourth-order valence-electron chi connectivity index (χ4n) is 6.54. The van der Waals surface area contributed by atoms with E-state index in [1.54, 1.807) is 0 Å². The van der Waals surface area contributed by atoms with Gasteiger partial charge in [-0.2, -0.15) is 0 Å². The van der Waals surface area contributed by atoms with Crippen molar-refractivity contribution in [2.45, 2.75) is 174 Å². The Balaban J connectivity index is 1.21. The second-order valence-electron chi connectivity index (χ2n) is 13.3. The molecule has 1 saturated carbocycles. The Kier molecular flexibility index (Phi) is 18.6. The predicted molar refractivity (Wildman–Crippen MR) is 181 cm³/mol. The summed E-state index contributed by atoms with van der Waals surface area (Å²) in [7, 11) is 0. The maximum atomic E-state index is 6.21. The van der Waals surface area contributed by atoms with Crippen molar-refractivity contribution in [2.75, 3.05) is 6.61 Å². The average molecular weight is 577 g/mol. The van der Waals surface area contributed by atoms with Crippen LogP contribution in [0, 0.1) is 5.92 Å². The van der Waals surface area contributed by atoms with Crippen LogP contribution in [0.5, 0.6) is 5.75 Å². The van der Waals surface area contributed by atoms with E-state index in [1.807, 2.05) is 0 Å². The monoisotopic (exact) mass is 577 g/mol. The van der Waals surface area contributed by atoms with Crippen molar-refractivity contribution in [1.82, 2.24) is 9.97 Å². The van der Waals surface area contributed by atoms with Gasteiger partial charge in [-0.3, -0.25) is 0 Å². The minimum Gasteiger partial charge on any atom is -0.493 e. The summed E-state index contributed by atoms with van der Waals surface area (Å²) in [6, 6.07) is 8.91. The van der Waals surface area contributed by atoms with Gasteiger partial charge in [0.2, 0.25) is 0 Å². The van der Waals surface area contributed by atoms with Crippen LogP contribution in [-0.4, -0.2) is 16.6 Å². The summed E-state index contributed by atoms with van der Waals surface area (Å²) in [6.45, 7) is 5.41. The van der Waals surface area contributed by atoms with Crippen molar-refractivity contribution in [1.29, 1.82) is 0 Å². The molecule has 0 saturated heterocycles. The number of aryl methyl sites for hydroxylation is 2. The van der Waals surface area contributed by atoms with Gasteiger partial charge in [0.05, 0.1) is 6.61 Å². The van der Waals surface area contributed by atoms with Gasteiger partial charge in [0.25, 0.3) is 0 Å². The molecule has 1 aromatic heterocycles. The molecule has 236 valence electrons. The van der Waals surface area contributed by atoms with E-state index in [4.69, 9.17) is 14.7 Å². The Morgan fingerprint density at radius 3 is 1.50 bits per heavy atom. The van der Waals surface area contributed by atoms with E-state index in [0.717, 1.165) is 24.6 Å². The van der Waals surface area contributed by atoms with Crippen LogP contribution in [0.25, 0.3) is 0 Å². The van der Waals surface area contributed by atoms with Crippen LogP contribution in [0.3, 0.4) is 0 Å². The Labute approximate surface area is 260 Å². The third kappa shape index (κ3) is 15.0. The number of rotatable bonds is 24. The standard InChI is InChI=1S/C39H64N2O/c1-3-5-7-9-11-13-14-16-17-19-21-34-25-29-38(30-26-34)42-33-35-23-27-37(28-24-35)39-40-31-36(32-41-39)22-20-18-15-12-10-8-6-4-2/h25-26,29-32,35,37H,3-24,27-28,33H2,1-2H3. The summed E-state index contributed by atoms with van der Waals surface area (Å²) in [5.41, 5.74) is 2.76. The van der Waals surface area contributed by atoms with Crippen LogP contribution in [0.15, 0.2) is 36.7 Å². The van der Waals surface area contributed by atoms with Crippen LogP contribution in [0.2, 0.25) is 0 Å². The van der Waals surface area contributed by atoms with Crippen molar-refractivity contribution < 1.29 is 4.74 Å². The summed E-state index contributed by atoms with van der Waals surface area (Å²) in [5, 5.41) is 0. The van der Waals surface area contributed by atoms with Gasteiger partial charge < -0.3 is 4.74 Å². The van der Waals surface area contributed by atoms with Crippen LogP contribution in [0.4, 0.5) is 0 Å². The molecular weight excluding hydrogens is 512 g/mol. The highest BCUT2D eigenvalue weighted by molar-refractivity contribution is 5.27. The number of ether oxygens (including phenoxy) is 1. The number of hydrogen-bond donors (Lipinski definition) is 0. The van der Waals surface area contributed by atoms with E-state index in [-0.39, 0.29) is 0 Å². The maximum Gasteiger partial charge on any atom is 0.131 e. The molecule has 42 heavy (non-hydrogen) atoms. The van der Waals surface area contributed by atoms with Gasteiger partial charge in [0.1, 0.15) is 11.6 Å². The summed E-state index contributed by atoms with van der Waals surface area (Å²) in [6.07, 6.45) is 36.2. The lowest BCUT2D eigenvalue weighted by Crippen LogP contribution is -2.20. The van der Waals surface area contributed by atoms with E-state index in [9.17, 15) is 0 Å². The predicted octanol–water partition coefficient (Wildman–Crippen LogP) is 12.0. The SMILES string of the molecule is CCCCCCCCCCCCc1ccc(OCC2CCC(c3ncc(CCCCCCCCCC)cn3)CC2)cc1. The quantitative estimate of drug-likeness (QED) is 0.117. The molecule has 0 spiro atoms. The number of nitrogens with zero attached hydrogens (tertiary/aromatic N) is 2. The van der Waals surface area contributed by atoms with Gasteiger partial charge >= 0.3 is 0 Å². The molecule has 1 aliphatic carbocycles. The van der Waals surface area contributed by atoms with E-state index in [2.05, 4.69) is 50.5 Å². The largest absolute Gasteiger partial charge is 0.493 e. The van der Waals surface area contributed by atoms with Crippen molar-refractivity contribution in [3.05, 3.63) is 53.6 Å². The highest BCUT2D eigenvalue weighted by Crippen LogP contribution is 2.34. The van der Waals surface area contributed by atoms with Crippen molar-refractivity contribution >= 4 is 0 Å². The van der Waals surface area contributed by atoms with Gasteiger partial charge in [-0.05, 0) is 80.5 Å². The van der Waals surface area contributed by atoms with E-state index < -0.39 is 0 Å². The first-order chi connectivity index (χ1) is 20.8. The first kappa shape index (κ1) is 34.6. The summed E-state index contributed by atoms with van der Waals surface area (Å²) in [4.78, 5) is 9.58. The third-order valence-electron chi connectivity index (χ3n) is 9.48. The smallest absolute Gasteiger partial charge is 0.131 e. The molecule has 0 atom stereocenters. The lowest BCUT2D eigenvalue weighted by molar-refractivity contribution is 0.198. The molecule has 1 fully saturated rings. The fourth-order valence-corrected chi connectivity index (χ4v) is 6.54. The van der Waals surface area contributed by atoms with E-state index in [0.29, 0.717) is 11.8 Å². The molecule has 0 radical (unpaired) electrons. The third-order valence-corrected chi connectivity index (χ3v) is 9.48. The summed E-state index contributed by atoms with van der Waals surface area (Å²) in [5.74, 6) is 3.25. The zero-order chi connectivity index (χ0) is 29.5. The van der Waals surface area contributed by atoms with Gasteiger partial charge in [-0.15, -0.1) is 0 Å². The maximum absolute atomic E-state index is 6.21. The number of aromatic nitrogens is 2. The highest BCUT2D eigenvalue weighted by atomic mass is 16.5. The molecule has 0 unspecified atom stereocenters.